The van der Waals surface area contributed by atoms with Crippen molar-refractivity contribution in [2.75, 3.05) is 0 Å². The van der Waals surface area contributed by atoms with Crippen LogP contribution in [0.4, 0.5) is 0 Å². The van der Waals surface area contributed by atoms with Crippen molar-refractivity contribution in [1.29, 1.82) is 0 Å². The minimum atomic E-state index is -0.247. The van der Waals surface area contributed by atoms with E-state index >= 15 is 0 Å². The Morgan fingerprint density at radius 1 is 1.16 bits per heavy atom. The molecule has 6 heteroatoms. The Hall–Kier alpha value is -2.63. The third-order valence-electron chi connectivity index (χ3n) is 4.03. The Bertz CT molecular complexity index is 696. The Morgan fingerprint density at radius 3 is 2.48 bits per heavy atom. The lowest BCUT2D eigenvalue weighted by molar-refractivity contribution is -0.122. The molecule has 2 amide bonds. The summed E-state index contributed by atoms with van der Waals surface area (Å²) >= 11 is 0. The summed E-state index contributed by atoms with van der Waals surface area (Å²) in [5.41, 5.74) is 1.59. The fraction of sp³-hybridized carbons (Fsp3) is 0.421. The Kier molecular flexibility index (Phi) is 6.74. The van der Waals surface area contributed by atoms with Crippen molar-refractivity contribution >= 4 is 11.8 Å². The number of nitrogens with one attached hydrogen (secondary N) is 2. The molecule has 0 aliphatic carbocycles. The zero-order valence-electron chi connectivity index (χ0n) is 15.0. The maximum atomic E-state index is 12.3. The summed E-state index contributed by atoms with van der Waals surface area (Å²) in [6.07, 6.45) is 4.76. The molecule has 1 aromatic heterocycles. The largest absolute Gasteiger partial charge is 0.349 e. The topological polar surface area (TPSA) is 76.0 Å². The minimum Gasteiger partial charge on any atom is -0.349 e. The van der Waals surface area contributed by atoms with E-state index in [4.69, 9.17) is 0 Å². The van der Waals surface area contributed by atoms with Crippen molar-refractivity contribution in [2.24, 2.45) is 0 Å². The first-order valence-corrected chi connectivity index (χ1v) is 8.71. The first-order valence-electron chi connectivity index (χ1n) is 8.71. The average Bonchev–Trinajstić information content (AvgIpc) is 3.09. The first-order chi connectivity index (χ1) is 12.0. The van der Waals surface area contributed by atoms with E-state index in [1.807, 2.05) is 49.8 Å². The molecule has 0 aliphatic heterocycles. The standard InChI is InChI=1S/C19H26N4O2/c1-4-17(16-12-20-23(5-2)13-16)22-18(24)11-14(3)21-19(25)15-9-7-6-8-10-15/h6-10,12-14,17H,4-5,11H2,1-3H3,(H,21,25)(H,22,24). The zero-order valence-corrected chi connectivity index (χ0v) is 15.0. The number of aromatic nitrogens is 2. The van der Waals surface area contributed by atoms with Gasteiger partial charge in [0.25, 0.3) is 5.91 Å². The van der Waals surface area contributed by atoms with Gasteiger partial charge in [0, 0.05) is 36.3 Å². The van der Waals surface area contributed by atoms with Crippen LogP contribution in [-0.2, 0) is 11.3 Å². The van der Waals surface area contributed by atoms with Gasteiger partial charge in [0.1, 0.15) is 0 Å². The van der Waals surface area contributed by atoms with Crippen LogP contribution in [0.3, 0.4) is 0 Å². The molecule has 2 unspecified atom stereocenters. The van der Waals surface area contributed by atoms with Crippen LogP contribution in [0, 0.1) is 0 Å². The monoisotopic (exact) mass is 342 g/mol. The van der Waals surface area contributed by atoms with Gasteiger partial charge in [0.05, 0.1) is 12.2 Å². The van der Waals surface area contributed by atoms with Crippen molar-refractivity contribution in [2.45, 2.75) is 52.2 Å². The molecule has 1 heterocycles. The highest BCUT2D eigenvalue weighted by atomic mass is 16.2. The summed E-state index contributed by atoms with van der Waals surface area (Å²) in [5, 5.41) is 10.1. The SMILES string of the molecule is CCC(NC(=O)CC(C)NC(=O)c1ccccc1)c1cnn(CC)c1. The van der Waals surface area contributed by atoms with Crippen LogP contribution in [0.2, 0.25) is 0 Å². The Balaban J connectivity index is 1.86. The van der Waals surface area contributed by atoms with E-state index in [1.54, 1.807) is 18.3 Å². The minimum absolute atomic E-state index is 0.0650. The van der Waals surface area contributed by atoms with Crippen LogP contribution < -0.4 is 10.6 Å². The molecule has 0 spiro atoms. The van der Waals surface area contributed by atoms with Gasteiger partial charge in [-0.25, -0.2) is 0 Å². The first kappa shape index (κ1) is 18.7. The molecule has 0 saturated carbocycles. The van der Waals surface area contributed by atoms with Crippen LogP contribution in [0.5, 0.6) is 0 Å². The van der Waals surface area contributed by atoms with Crippen LogP contribution in [0.1, 0.15) is 55.6 Å². The van der Waals surface area contributed by atoms with E-state index < -0.39 is 0 Å². The van der Waals surface area contributed by atoms with Gasteiger partial charge in [0.2, 0.25) is 5.91 Å². The molecule has 0 fully saturated rings. The smallest absolute Gasteiger partial charge is 0.251 e. The predicted octanol–water partition coefficient (Wildman–Crippen LogP) is 2.68. The van der Waals surface area contributed by atoms with E-state index in [0.717, 1.165) is 18.5 Å². The second kappa shape index (κ2) is 9.01. The third-order valence-corrected chi connectivity index (χ3v) is 4.03. The van der Waals surface area contributed by atoms with Gasteiger partial charge in [-0.15, -0.1) is 0 Å². The molecule has 2 N–H and O–H groups in total. The number of hydrogen-bond donors (Lipinski definition) is 2. The van der Waals surface area contributed by atoms with Gasteiger partial charge in [-0.2, -0.15) is 5.10 Å². The van der Waals surface area contributed by atoms with Gasteiger partial charge in [-0.05, 0) is 32.4 Å². The fourth-order valence-electron chi connectivity index (χ4n) is 2.63. The van der Waals surface area contributed by atoms with E-state index in [1.165, 1.54) is 0 Å². The van der Waals surface area contributed by atoms with E-state index in [9.17, 15) is 9.59 Å². The van der Waals surface area contributed by atoms with Gasteiger partial charge >= 0.3 is 0 Å². The summed E-state index contributed by atoms with van der Waals surface area (Å²) < 4.78 is 1.84. The molecule has 2 rings (SSSR count). The summed E-state index contributed by atoms with van der Waals surface area (Å²) in [4.78, 5) is 24.4. The molecule has 134 valence electrons. The molecule has 25 heavy (non-hydrogen) atoms. The van der Waals surface area contributed by atoms with E-state index in [-0.39, 0.29) is 30.3 Å². The molecule has 0 saturated heterocycles. The average molecular weight is 342 g/mol. The molecule has 0 aliphatic rings. The third kappa shape index (κ3) is 5.45. The van der Waals surface area contributed by atoms with Crippen molar-refractivity contribution in [3.05, 3.63) is 53.9 Å². The van der Waals surface area contributed by atoms with Crippen molar-refractivity contribution in [1.82, 2.24) is 20.4 Å². The molecule has 6 nitrogen and oxygen atoms in total. The number of hydrogen-bond acceptors (Lipinski definition) is 3. The van der Waals surface area contributed by atoms with Crippen molar-refractivity contribution < 1.29 is 9.59 Å². The number of nitrogens with zero attached hydrogens (tertiary/aromatic N) is 2. The van der Waals surface area contributed by atoms with Gasteiger partial charge in [0.15, 0.2) is 0 Å². The molecule has 1 aromatic carbocycles. The number of carbonyl (C=O) groups is 2. The van der Waals surface area contributed by atoms with Crippen LogP contribution >= 0.6 is 0 Å². The Morgan fingerprint density at radius 2 is 1.88 bits per heavy atom. The summed E-state index contributed by atoms with van der Waals surface area (Å²) in [5.74, 6) is -0.255. The van der Waals surface area contributed by atoms with Gasteiger partial charge in [-0.3, -0.25) is 14.3 Å². The Labute approximate surface area is 148 Å². The van der Waals surface area contributed by atoms with E-state index in [2.05, 4.69) is 15.7 Å². The number of rotatable bonds is 8. The zero-order chi connectivity index (χ0) is 18.2. The highest BCUT2D eigenvalue weighted by Gasteiger charge is 2.17. The van der Waals surface area contributed by atoms with Crippen molar-refractivity contribution in [3.8, 4) is 0 Å². The summed E-state index contributed by atoms with van der Waals surface area (Å²) in [6, 6.07) is 8.68. The highest BCUT2D eigenvalue weighted by Crippen LogP contribution is 2.16. The lowest BCUT2D eigenvalue weighted by Gasteiger charge is -2.18. The maximum absolute atomic E-state index is 12.3. The lowest BCUT2D eigenvalue weighted by Crippen LogP contribution is -2.38. The van der Waals surface area contributed by atoms with Gasteiger partial charge < -0.3 is 10.6 Å². The maximum Gasteiger partial charge on any atom is 0.251 e. The van der Waals surface area contributed by atoms with Crippen LogP contribution in [0.25, 0.3) is 0 Å². The van der Waals surface area contributed by atoms with Crippen molar-refractivity contribution in [3.63, 3.8) is 0 Å². The molecule has 0 bridgehead atoms. The molecule has 2 aromatic rings. The quantitative estimate of drug-likeness (QED) is 0.774. The number of benzene rings is 1. The normalized spacial score (nSPS) is 13.1. The fourth-order valence-corrected chi connectivity index (χ4v) is 2.63. The second-order valence-corrected chi connectivity index (χ2v) is 6.10. The number of amides is 2. The van der Waals surface area contributed by atoms with Crippen LogP contribution in [-0.4, -0.2) is 27.6 Å². The second-order valence-electron chi connectivity index (χ2n) is 6.10. The highest BCUT2D eigenvalue weighted by molar-refractivity contribution is 5.94. The number of carbonyl (C=O) groups excluding carboxylic acids is 2. The lowest BCUT2D eigenvalue weighted by atomic mass is 10.1. The molecule has 2 atom stereocenters. The number of aryl methyl sites for hydroxylation is 1. The van der Waals surface area contributed by atoms with E-state index in [0.29, 0.717) is 5.56 Å². The van der Waals surface area contributed by atoms with Crippen LogP contribution in [0.15, 0.2) is 42.7 Å². The van der Waals surface area contributed by atoms with Gasteiger partial charge in [-0.1, -0.05) is 25.1 Å². The molecular formula is C19H26N4O2. The summed E-state index contributed by atoms with van der Waals surface area (Å²) in [7, 11) is 0. The molecular weight excluding hydrogens is 316 g/mol. The molecule has 0 radical (unpaired) electrons. The summed E-state index contributed by atoms with van der Waals surface area (Å²) in [6.45, 7) is 6.67. The predicted molar refractivity (Wildman–Crippen MR) is 97.1 cm³/mol.